The van der Waals surface area contributed by atoms with Crippen molar-refractivity contribution in [1.29, 1.82) is 0 Å². The van der Waals surface area contributed by atoms with Crippen molar-refractivity contribution in [3.05, 3.63) is 0 Å². The average Bonchev–Trinajstić information content (AvgIpc) is 2.01. The monoisotopic (exact) mass is 182 g/mol. The van der Waals surface area contributed by atoms with Crippen molar-refractivity contribution in [2.24, 2.45) is 5.92 Å². The number of piperazine rings is 1. The number of nitrogens with one attached hydrogen (secondary N) is 1. The lowest BCUT2D eigenvalue weighted by Crippen LogP contribution is -2.57. The number of hydrogen-bond acceptors (Lipinski definition) is 2. The van der Waals surface area contributed by atoms with Crippen LogP contribution >= 0.6 is 0 Å². The minimum absolute atomic E-state index is 0.731. The fourth-order valence-electron chi connectivity index (χ4n) is 2.33. The summed E-state index contributed by atoms with van der Waals surface area (Å²) < 4.78 is 0. The minimum atomic E-state index is 0.731. The largest absolute Gasteiger partial charge is 0.311 e. The first-order valence-electron chi connectivity index (χ1n) is 5.75. The highest BCUT2D eigenvalue weighted by Crippen LogP contribution is 2.26. The molecule has 1 saturated carbocycles. The number of nitrogens with zero attached hydrogens (tertiary/aromatic N) is 1. The van der Waals surface area contributed by atoms with Crippen molar-refractivity contribution in [2.45, 2.75) is 45.2 Å². The first kappa shape index (κ1) is 9.47. The van der Waals surface area contributed by atoms with Crippen LogP contribution < -0.4 is 5.32 Å². The van der Waals surface area contributed by atoms with Crippen LogP contribution in [0.25, 0.3) is 0 Å². The molecule has 0 spiro atoms. The molecule has 0 aromatic rings. The van der Waals surface area contributed by atoms with Gasteiger partial charge in [-0.25, -0.2) is 0 Å². The lowest BCUT2D eigenvalue weighted by atomic mass is 9.89. The highest BCUT2D eigenvalue weighted by atomic mass is 15.2. The summed E-state index contributed by atoms with van der Waals surface area (Å²) in [4.78, 5) is 2.70. The second-order valence-electron chi connectivity index (χ2n) is 4.88. The fourth-order valence-corrected chi connectivity index (χ4v) is 2.33. The Kier molecular flexibility index (Phi) is 2.89. The molecule has 0 aromatic heterocycles. The van der Waals surface area contributed by atoms with Crippen molar-refractivity contribution in [1.82, 2.24) is 10.2 Å². The minimum Gasteiger partial charge on any atom is -0.311 e. The third kappa shape index (κ3) is 2.05. The quantitative estimate of drug-likeness (QED) is 0.695. The summed E-state index contributed by atoms with van der Waals surface area (Å²) >= 11 is 0. The van der Waals surface area contributed by atoms with Crippen molar-refractivity contribution >= 4 is 0 Å². The van der Waals surface area contributed by atoms with Crippen molar-refractivity contribution in [3.63, 3.8) is 0 Å². The summed E-state index contributed by atoms with van der Waals surface area (Å²) in [5.74, 6) is 0.780. The summed E-state index contributed by atoms with van der Waals surface area (Å²) in [6, 6.07) is 1.66. The van der Waals surface area contributed by atoms with Crippen LogP contribution in [0.15, 0.2) is 0 Å². The van der Waals surface area contributed by atoms with Crippen LogP contribution in [-0.4, -0.2) is 36.6 Å². The predicted molar refractivity (Wildman–Crippen MR) is 55.8 cm³/mol. The van der Waals surface area contributed by atoms with E-state index in [9.17, 15) is 0 Å². The molecule has 1 N–H and O–H groups in total. The van der Waals surface area contributed by atoms with Gasteiger partial charge in [0.15, 0.2) is 0 Å². The molecule has 2 nitrogen and oxygen atoms in total. The van der Waals surface area contributed by atoms with E-state index in [0.717, 1.165) is 18.0 Å². The van der Waals surface area contributed by atoms with Crippen LogP contribution in [-0.2, 0) is 0 Å². The van der Waals surface area contributed by atoms with Crippen molar-refractivity contribution < 1.29 is 0 Å². The molecule has 0 amide bonds. The molecular weight excluding hydrogens is 160 g/mol. The van der Waals surface area contributed by atoms with E-state index < -0.39 is 0 Å². The topological polar surface area (TPSA) is 15.3 Å². The van der Waals surface area contributed by atoms with Gasteiger partial charge >= 0.3 is 0 Å². The van der Waals surface area contributed by atoms with Gasteiger partial charge in [0.25, 0.3) is 0 Å². The fraction of sp³-hybridized carbons (Fsp3) is 1.00. The molecule has 2 heteroatoms. The molecule has 1 atom stereocenters. The normalized spacial score (nSPS) is 32.1. The Morgan fingerprint density at radius 1 is 1.31 bits per heavy atom. The molecule has 1 unspecified atom stereocenters. The Morgan fingerprint density at radius 3 is 2.62 bits per heavy atom. The van der Waals surface area contributed by atoms with E-state index in [4.69, 9.17) is 0 Å². The average molecular weight is 182 g/mol. The van der Waals surface area contributed by atoms with Crippen molar-refractivity contribution in [3.8, 4) is 0 Å². The van der Waals surface area contributed by atoms with Gasteiger partial charge < -0.3 is 5.32 Å². The van der Waals surface area contributed by atoms with Gasteiger partial charge in [0.2, 0.25) is 0 Å². The first-order valence-corrected chi connectivity index (χ1v) is 5.75. The van der Waals surface area contributed by atoms with E-state index >= 15 is 0 Å². The smallest absolute Gasteiger partial charge is 0.0218 e. The van der Waals surface area contributed by atoms with Gasteiger partial charge in [0, 0.05) is 31.7 Å². The molecule has 0 radical (unpaired) electrons. The van der Waals surface area contributed by atoms with Gasteiger partial charge in [-0.05, 0) is 18.8 Å². The molecular formula is C11H22N2. The third-order valence-electron chi connectivity index (χ3n) is 3.63. The molecule has 1 saturated heterocycles. The summed E-state index contributed by atoms with van der Waals surface area (Å²) in [5, 5.41) is 3.61. The second-order valence-corrected chi connectivity index (χ2v) is 4.88. The van der Waals surface area contributed by atoms with Crippen LogP contribution in [0, 0.1) is 5.92 Å². The maximum absolute atomic E-state index is 3.61. The van der Waals surface area contributed by atoms with Gasteiger partial charge in [-0.2, -0.15) is 0 Å². The van der Waals surface area contributed by atoms with Crippen LogP contribution in [0.2, 0.25) is 0 Å². The van der Waals surface area contributed by atoms with Crippen LogP contribution in [0.4, 0.5) is 0 Å². The Balaban J connectivity index is 1.84. The third-order valence-corrected chi connectivity index (χ3v) is 3.63. The summed E-state index contributed by atoms with van der Waals surface area (Å²) in [7, 11) is 0. The first-order chi connectivity index (χ1) is 6.27. The summed E-state index contributed by atoms with van der Waals surface area (Å²) in [5.41, 5.74) is 0. The summed E-state index contributed by atoms with van der Waals surface area (Å²) in [6.45, 7) is 8.39. The zero-order valence-electron chi connectivity index (χ0n) is 8.92. The van der Waals surface area contributed by atoms with Crippen LogP contribution in [0.1, 0.15) is 33.1 Å². The molecule has 2 aliphatic rings. The maximum Gasteiger partial charge on any atom is 0.0218 e. The molecule has 76 valence electrons. The van der Waals surface area contributed by atoms with E-state index in [2.05, 4.69) is 24.1 Å². The van der Waals surface area contributed by atoms with Gasteiger partial charge in [0.1, 0.15) is 0 Å². The Labute approximate surface area is 81.7 Å². The molecule has 1 aliphatic heterocycles. The lowest BCUT2D eigenvalue weighted by Gasteiger charge is -2.43. The van der Waals surface area contributed by atoms with E-state index in [1.54, 1.807) is 0 Å². The molecule has 1 aliphatic carbocycles. The van der Waals surface area contributed by atoms with E-state index in [-0.39, 0.29) is 0 Å². The zero-order valence-corrected chi connectivity index (χ0v) is 8.92. The molecule has 0 aromatic carbocycles. The highest BCUT2D eigenvalue weighted by molar-refractivity contribution is 4.87. The van der Waals surface area contributed by atoms with E-state index in [0.29, 0.717) is 0 Å². The van der Waals surface area contributed by atoms with Crippen LogP contribution in [0.3, 0.4) is 0 Å². The number of hydrogen-bond donors (Lipinski definition) is 1. The molecule has 0 bridgehead atoms. The zero-order chi connectivity index (χ0) is 9.26. The molecule has 2 fully saturated rings. The Hall–Kier alpha value is -0.0800. The SMILES string of the molecule is CC(C)C1CN(C2CCC2)CCN1. The van der Waals surface area contributed by atoms with Gasteiger partial charge in [-0.1, -0.05) is 20.3 Å². The highest BCUT2D eigenvalue weighted by Gasteiger charge is 2.29. The van der Waals surface area contributed by atoms with Crippen LogP contribution in [0.5, 0.6) is 0 Å². The maximum atomic E-state index is 3.61. The molecule has 13 heavy (non-hydrogen) atoms. The predicted octanol–water partition coefficient (Wildman–Crippen LogP) is 1.47. The summed E-state index contributed by atoms with van der Waals surface area (Å²) in [6.07, 6.45) is 4.36. The molecule has 1 heterocycles. The van der Waals surface area contributed by atoms with E-state index in [1.807, 2.05) is 0 Å². The standard InChI is InChI=1S/C11H22N2/c1-9(2)11-8-13(7-6-12-11)10-4-3-5-10/h9-12H,3-8H2,1-2H3. The van der Waals surface area contributed by atoms with Gasteiger partial charge in [-0.15, -0.1) is 0 Å². The van der Waals surface area contributed by atoms with Crippen molar-refractivity contribution in [2.75, 3.05) is 19.6 Å². The van der Waals surface area contributed by atoms with Gasteiger partial charge in [-0.3, -0.25) is 4.90 Å². The van der Waals surface area contributed by atoms with E-state index in [1.165, 1.54) is 38.9 Å². The lowest BCUT2D eigenvalue weighted by molar-refractivity contribution is 0.0814. The molecule has 2 rings (SSSR count). The van der Waals surface area contributed by atoms with Gasteiger partial charge in [0.05, 0.1) is 0 Å². The Bertz CT molecular complexity index is 163. The number of rotatable bonds is 2. The Morgan fingerprint density at radius 2 is 2.08 bits per heavy atom. The second kappa shape index (κ2) is 3.97.